The van der Waals surface area contributed by atoms with Crippen LogP contribution in [0.1, 0.15) is 11.1 Å². The number of fused-ring (bicyclic) bond motifs is 2. The third-order valence-corrected chi connectivity index (χ3v) is 8.42. The van der Waals surface area contributed by atoms with E-state index in [4.69, 9.17) is 23.9 Å². The van der Waals surface area contributed by atoms with Crippen LogP contribution in [0.15, 0.2) is 108 Å². The van der Waals surface area contributed by atoms with Crippen LogP contribution in [-0.4, -0.2) is 47.8 Å². The van der Waals surface area contributed by atoms with Gasteiger partial charge in [-0.2, -0.15) is 5.26 Å². The van der Waals surface area contributed by atoms with Crippen LogP contribution in [-0.2, 0) is 6.54 Å². The molecule has 1 N–H and O–H groups in total. The van der Waals surface area contributed by atoms with Crippen LogP contribution in [0.5, 0.6) is 11.5 Å². The molecule has 4 heterocycles. The average molecular weight is 607 g/mol. The molecule has 4 aromatic carbocycles. The second kappa shape index (κ2) is 11.9. The molecule has 46 heavy (non-hydrogen) atoms. The zero-order chi connectivity index (χ0) is 30.9. The molecule has 0 saturated carbocycles. The fraction of sp³-hybridized carbons (Fsp3) is 0.162. The number of piperazine rings is 1. The first-order valence-electron chi connectivity index (χ1n) is 15.3. The summed E-state index contributed by atoms with van der Waals surface area (Å²) in [5, 5.41) is 13.9. The minimum Gasteiger partial charge on any atom is -0.454 e. The van der Waals surface area contributed by atoms with E-state index in [1.807, 2.05) is 91.0 Å². The summed E-state index contributed by atoms with van der Waals surface area (Å²) in [6, 6.07) is 36.1. The number of benzene rings is 4. The number of nitrogens with zero attached hydrogens (tertiary/aromatic N) is 5. The summed E-state index contributed by atoms with van der Waals surface area (Å²) in [6.07, 6.45) is 0. The second-order valence-corrected chi connectivity index (χ2v) is 11.3. The van der Waals surface area contributed by atoms with Crippen LogP contribution in [0.25, 0.3) is 33.5 Å². The first-order valence-corrected chi connectivity index (χ1v) is 15.3. The fourth-order valence-electron chi connectivity index (χ4n) is 6.12. The van der Waals surface area contributed by atoms with E-state index in [2.05, 4.69) is 33.3 Å². The van der Waals surface area contributed by atoms with Gasteiger partial charge >= 0.3 is 0 Å². The van der Waals surface area contributed by atoms with Gasteiger partial charge in [0.1, 0.15) is 17.4 Å². The number of rotatable bonds is 7. The summed E-state index contributed by atoms with van der Waals surface area (Å²) in [4.78, 5) is 14.8. The lowest BCUT2D eigenvalue weighted by atomic mass is 9.98. The summed E-state index contributed by atoms with van der Waals surface area (Å²) in [5.41, 5.74) is 5.69. The number of ether oxygens (including phenoxy) is 2. The standard InChI is InChI=1S/C37H30N6O3/c38-22-28-33(26-9-3-1-4-10-26)34(27-11-5-2-6-12-27)46-37(28)41-35-36(40-30-14-8-7-13-29(30)39-35)43-19-17-42(18-20-43)23-25-15-16-31-32(21-25)45-24-44-31/h1-16,21H,17-20,23-24H2,(H,39,41). The van der Waals surface area contributed by atoms with Gasteiger partial charge in [-0.15, -0.1) is 0 Å². The zero-order valence-corrected chi connectivity index (χ0v) is 25.0. The molecule has 9 nitrogen and oxygen atoms in total. The largest absolute Gasteiger partial charge is 0.454 e. The van der Waals surface area contributed by atoms with E-state index in [0.29, 0.717) is 23.0 Å². The van der Waals surface area contributed by atoms with E-state index in [1.165, 1.54) is 5.56 Å². The lowest BCUT2D eigenvalue weighted by Crippen LogP contribution is -2.46. The first kappa shape index (κ1) is 27.7. The predicted octanol–water partition coefficient (Wildman–Crippen LogP) is 7.22. The number of hydrogen-bond donors (Lipinski definition) is 1. The Bertz CT molecular complexity index is 2070. The molecule has 0 spiro atoms. The maximum atomic E-state index is 10.5. The summed E-state index contributed by atoms with van der Waals surface area (Å²) in [5.74, 6) is 3.84. The Labute approximate surface area is 266 Å². The zero-order valence-electron chi connectivity index (χ0n) is 25.0. The first-order chi connectivity index (χ1) is 22.7. The monoisotopic (exact) mass is 606 g/mol. The van der Waals surface area contributed by atoms with Gasteiger partial charge in [-0.05, 0) is 35.4 Å². The summed E-state index contributed by atoms with van der Waals surface area (Å²) in [6.45, 7) is 4.32. The van der Waals surface area contributed by atoms with Crippen molar-refractivity contribution in [2.24, 2.45) is 0 Å². The van der Waals surface area contributed by atoms with Gasteiger partial charge in [-0.3, -0.25) is 4.90 Å². The smallest absolute Gasteiger partial charge is 0.231 e. The molecular weight excluding hydrogens is 576 g/mol. The molecule has 0 unspecified atom stereocenters. The number of aromatic nitrogens is 2. The number of para-hydroxylation sites is 2. The Morgan fingerprint density at radius 2 is 1.41 bits per heavy atom. The highest BCUT2D eigenvalue weighted by molar-refractivity contribution is 5.90. The molecule has 1 saturated heterocycles. The number of hydrogen-bond acceptors (Lipinski definition) is 9. The molecule has 0 aliphatic carbocycles. The highest BCUT2D eigenvalue weighted by Gasteiger charge is 2.27. The van der Waals surface area contributed by atoms with Crippen molar-refractivity contribution in [2.75, 3.05) is 43.2 Å². The lowest BCUT2D eigenvalue weighted by molar-refractivity contribution is 0.174. The molecular formula is C37H30N6O3. The Balaban J connectivity index is 1.12. The topological polar surface area (TPSA) is 99.7 Å². The van der Waals surface area contributed by atoms with Crippen molar-refractivity contribution in [3.63, 3.8) is 0 Å². The van der Waals surface area contributed by atoms with Crippen LogP contribution < -0.4 is 19.7 Å². The van der Waals surface area contributed by atoms with Crippen molar-refractivity contribution in [1.29, 1.82) is 5.26 Å². The normalized spacial score (nSPS) is 14.4. The number of anilines is 3. The van der Waals surface area contributed by atoms with Gasteiger partial charge in [0.15, 0.2) is 23.1 Å². The molecule has 2 aromatic heterocycles. The van der Waals surface area contributed by atoms with Crippen molar-refractivity contribution >= 4 is 28.6 Å². The van der Waals surface area contributed by atoms with Crippen molar-refractivity contribution < 1.29 is 13.9 Å². The van der Waals surface area contributed by atoms with E-state index in [1.54, 1.807) is 0 Å². The third kappa shape index (κ3) is 5.25. The summed E-state index contributed by atoms with van der Waals surface area (Å²) in [7, 11) is 0. The molecule has 2 aliphatic heterocycles. The molecule has 8 rings (SSSR count). The van der Waals surface area contributed by atoms with E-state index >= 15 is 0 Å². The molecule has 0 amide bonds. The molecule has 6 aromatic rings. The van der Waals surface area contributed by atoms with Crippen molar-refractivity contribution in [3.05, 3.63) is 114 Å². The maximum absolute atomic E-state index is 10.5. The molecule has 1 fully saturated rings. The number of nitrogens with one attached hydrogen (secondary N) is 1. The fourth-order valence-corrected chi connectivity index (χ4v) is 6.12. The van der Waals surface area contributed by atoms with Gasteiger partial charge in [-0.25, -0.2) is 9.97 Å². The van der Waals surface area contributed by atoms with Crippen LogP contribution >= 0.6 is 0 Å². The van der Waals surface area contributed by atoms with E-state index in [9.17, 15) is 5.26 Å². The van der Waals surface area contributed by atoms with E-state index in [-0.39, 0.29) is 6.79 Å². The lowest BCUT2D eigenvalue weighted by Gasteiger charge is -2.36. The van der Waals surface area contributed by atoms with Crippen molar-refractivity contribution in [3.8, 4) is 40.0 Å². The summed E-state index contributed by atoms with van der Waals surface area (Å²) < 4.78 is 17.6. The van der Waals surface area contributed by atoms with E-state index in [0.717, 1.165) is 77.8 Å². The van der Waals surface area contributed by atoms with Crippen molar-refractivity contribution in [2.45, 2.75) is 6.54 Å². The molecule has 0 radical (unpaired) electrons. The quantitative estimate of drug-likeness (QED) is 0.202. The SMILES string of the molecule is N#Cc1c(Nc2nc3ccccc3nc2N2CCN(Cc3ccc4c(c3)OCO4)CC2)oc(-c2ccccc2)c1-c1ccccc1. The third-order valence-electron chi connectivity index (χ3n) is 8.42. The van der Waals surface area contributed by atoms with E-state index < -0.39 is 0 Å². The Morgan fingerprint density at radius 1 is 0.739 bits per heavy atom. The highest BCUT2D eigenvalue weighted by Crippen LogP contribution is 2.43. The van der Waals surface area contributed by atoms with Crippen LogP contribution in [0.3, 0.4) is 0 Å². The van der Waals surface area contributed by atoms with Crippen LogP contribution in [0, 0.1) is 11.3 Å². The second-order valence-electron chi connectivity index (χ2n) is 11.3. The Morgan fingerprint density at radius 3 is 2.15 bits per heavy atom. The Kier molecular flexibility index (Phi) is 7.17. The van der Waals surface area contributed by atoms with Gasteiger partial charge in [0, 0.05) is 43.9 Å². The van der Waals surface area contributed by atoms with Crippen molar-refractivity contribution in [1.82, 2.24) is 14.9 Å². The molecule has 0 bridgehead atoms. The minimum atomic E-state index is 0.273. The van der Waals surface area contributed by atoms with Gasteiger partial charge in [0.05, 0.1) is 11.0 Å². The van der Waals surface area contributed by atoms with Gasteiger partial charge in [-0.1, -0.05) is 78.9 Å². The molecule has 2 aliphatic rings. The predicted molar refractivity (Wildman–Crippen MR) is 177 cm³/mol. The van der Waals surface area contributed by atoms with Gasteiger partial charge < -0.3 is 24.1 Å². The Hall–Kier alpha value is -5.85. The molecule has 226 valence electrons. The van der Waals surface area contributed by atoms with Gasteiger partial charge in [0.25, 0.3) is 0 Å². The number of furan rings is 1. The number of nitriles is 1. The van der Waals surface area contributed by atoms with Crippen LogP contribution in [0.2, 0.25) is 0 Å². The average Bonchev–Trinajstić information content (AvgIpc) is 3.73. The molecule has 0 atom stereocenters. The van der Waals surface area contributed by atoms with Gasteiger partial charge in [0.2, 0.25) is 12.7 Å². The molecule has 9 heteroatoms. The maximum Gasteiger partial charge on any atom is 0.231 e. The summed E-state index contributed by atoms with van der Waals surface area (Å²) >= 11 is 0. The minimum absolute atomic E-state index is 0.273. The van der Waals surface area contributed by atoms with Crippen LogP contribution in [0.4, 0.5) is 17.5 Å². The highest BCUT2D eigenvalue weighted by atomic mass is 16.7.